The van der Waals surface area contributed by atoms with Gasteiger partial charge in [-0.1, -0.05) is 0 Å². The molecule has 0 aliphatic carbocycles. The van der Waals surface area contributed by atoms with Gasteiger partial charge in [-0.2, -0.15) is 52.7 Å². The van der Waals surface area contributed by atoms with E-state index in [1.165, 1.54) is 27.7 Å². The standard InChI is InChI=1S/2C13H12F6N2O4.H2O/c2*1-3-24-7-5(10(20)22)8(12(14,15)16)21-9(13(17,18)19)6(7)11(23)25-4-2;/h2*3-4H2,1-2H3,(H2,20,22);1H2. The van der Waals surface area contributed by atoms with Crippen molar-refractivity contribution in [1.29, 1.82) is 0 Å². The SMILES string of the molecule is CCOC(=O)c1c(C(F)(F)F)nc(C(F)(F)F)c(C(N)=O)c1OCC.CCOC(=O)c1c(C(F)(F)F)nc(C(F)(F)F)c(C(N)=O)c1OCC.O. The molecule has 25 heteroatoms. The fourth-order valence-corrected chi connectivity index (χ4v) is 3.77. The van der Waals surface area contributed by atoms with E-state index in [2.05, 4.69) is 19.4 Å². The van der Waals surface area contributed by atoms with Crippen LogP contribution in [-0.4, -0.2) is 65.6 Å². The van der Waals surface area contributed by atoms with Gasteiger partial charge in [0.2, 0.25) is 0 Å². The molecule has 6 N–H and O–H groups in total. The van der Waals surface area contributed by atoms with Crippen LogP contribution in [0.1, 0.15) is 91.9 Å². The molecule has 2 aromatic heterocycles. The van der Waals surface area contributed by atoms with E-state index in [1.807, 2.05) is 0 Å². The summed E-state index contributed by atoms with van der Waals surface area (Å²) in [4.78, 5) is 51.5. The summed E-state index contributed by atoms with van der Waals surface area (Å²) in [6.45, 7) is 3.30. The van der Waals surface area contributed by atoms with Crippen molar-refractivity contribution in [2.75, 3.05) is 26.4 Å². The van der Waals surface area contributed by atoms with Crippen molar-refractivity contribution < 1.29 is 96.3 Å². The zero-order valence-electron chi connectivity index (χ0n) is 26.2. The average Bonchev–Trinajstić information content (AvgIpc) is 2.94. The Hall–Kier alpha value is -5.10. The molecule has 2 amide bonds. The molecule has 0 unspecified atom stereocenters. The summed E-state index contributed by atoms with van der Waals surface area (Å²) in [6, 6.07) is 0. The van der Waals surface area contributed by atoms with E-state index in [9.17, 15) is 71.9 Å². The van der Waals surface area contributed by atoms with Crippen molar-refractivity contribution in [1.82, 2.24) is 9.97 Å². The zero-order chi connectivity index (χ0) is 39.2. The van der Waals surface area contributed by atoms with Crippen LogP contribution in [0.5, 0.6) is 11.5 Å². The lowest BCUT2D eigenvalue weighted by molar-refractivity contribution is -0.152. The second kappa shape index (κ2) is 17.2. The maximum Gasteiger partial charge on any atom is 0.434 e. The Balaban J connectivity index is 0.000000962. The Morgan fingerprint density at radius 2 is 0.725 bits per heavy atom. The first-order valence-electron chi connectivity index (χ1n) is 13.4. The van der Waals surface area contributed by atoms with Crippen molar-refractivity contribution in [3.8, 4) is 11.5 Å². The Morgan fingerprint density at radius 1 is 0.490 bits per heavy atom. The van der Waals surface area contributed by atoms with Gasteiger partial charge in [0.05, 0.1) is 26.4 Å². The molecule has 51 heavy (non-hydrogen) atoms. The number of nitrogens with zero attached hydrogens (tertiary/aromatic N) is 2. The van der Waals surface area contributed by atoms with E-state index in [-0.39, 0.29) is 18.7 Å². The van der Waals surface area contributed by atoms with Crippen LogP contribution in [0.2, 0.25) is 0 Å². The first-order valence-corrected chi connectivity index (χ1v) is 13.4. The second-order valence-corrected chi connectivity index (χ2v) is 8.80. The molecule has 0 bridgehead atoms. The first kappa shape index (κ1) is 45.9. The highest BCUT2D eigenvalue weighted by atomic mass is 19.4. The Labute approximate surface area is 277 Å². The number of pyridine rings is 2. The van der Waals surface area contributed by atoms with E-state index < -0.39 is 118 Å². The van der Waals surface area contributed by atoms with Crippen molar-refractivity contribution in [3.63, 3.8) is 0 Å². The number of rotatable bonds is 10. The lowest BCUT2D eigenvalue weighted by Gasteiger charge is -2.20. The number of ether oxygens (including phenoxy) is 4. The number of carbonyl (C=O) groups is 4. The smallest absolute Gasteiger partial charge is 0.434 e. The number of primary amides is 2. The van der Waals surface area contributed by atoms with Gasteiger partial charge in [0.1, 0.15) is 22.3 Å². The average molecular weight is 766 g/mol. The van der Waals surface area contributed by atoms with Crippen molar-refractivity contribution in [2.24, 2.45) is 11.5 Å². The number of halogens is 12. The molecule has 0 aliphatic heterocycles. The quantitative estimate of drug-likeness (QED) is 0.250. The normalized spacial score (nSPS) is 11.8. The molecule has 13 nitrogen and oxygen atoms in total. The summed E-state index contributed by atoms with van der Waals surface area (Å²) in [5, 5.41) is 0. The molecule has 0 spiro atoms. The zero-order valence-corrected chi connectivity index (χ0v) is 26.2. The predicted octanol–water partition coefficient (Wildman–Crippen LogP) is 4.76. The van der Waals surface area contributed by atoms with Gasteiger partial charge < -0.3 is 35.9 Å². The summed E-state index contributed by atoms with van der Waals surface area (Å²) in [7, 11) is 0. The second-order valence-electron chi connectivity index (χ2n) is 8.80. The number of hydrogen-bond donors (Lipinski definition) is 2. The first-order chi connectivity index (χ1) is 22.7. The number of carbonyl (C=O) groups excluding carboxylic acids is 4. The molecule has 0 radical (unpaired) electrons. The Bertz CT molecular complexity index is 1490. The number of esters is 2. The van der Waals surface area contributed by atoms with Gasteiger partial charge in [0, 0.05) is 0 Å². The molecule has 0 atom stereocenters. The molecular weight excluding hydrogens is 740 g/mol. The highest BCUT2D eigenvalue weighted by Crippen LogP contribution is 2.44. The van der Waals surface area contributed by atoms with E-state index in [0.717, 1.165) is 0 Å². The lowest BCUT2D eigenvalue weighted by atomic mass is 10.0. The summed E-state index contributed by atoms with van der Waals surface area (Å²) in [5.74, 6) is -9.37. The minimum absolute atomic E-state index is 0. The molecule has 2 heterocycles. The molecular formula is C26H26F12N4O9. The van der Waals surface area contributed by atoms with Crippen LogP contribution in [0, 0.1) is 0 Å². The Morgan fingerprint density at radius 3 is 0.902 bits per heavy atom. The molecule has 0 saturated carbocycles. The lowest BCUT2D eigenvalue weighted by Crippen LogP contribution is -2.28. The van der Waals surface area contributed by atoms with Crippen molar-refractivity contribution in [3.05, 3.63) is 45.0 Å². The fraction of sp³-hybridized carbons (Fsp3) is 0.462. The van der Waals surface area contributed by atoms with Crippen LogP contribution in [0.25, 0.3) is 0 Å². The predicted molar refractivity (Wildman–Crippen MR) is 143 cm³/mol. The minimum atomic E-state index is -5.45. The van der Waals surface area contributed by atoms with Crippen LogP contribution in [0.15, 0.2) is 0 Å². The third kappa shape index (κ3) is 10.9. The molecule has 0 aliphatic rings. The maximum absolute atomic E-state index is 13.2. The largest absolute Gasteiger partial charge is 0.492 e. The van der Waals surface area contributed by atoms with Crippen LogP contribution >= 0.6 is 0 Å². The number of nitrogens with two attached hydrogens (primary N) is 2. The summed E-state index contributed by atoms with van der Waals surface area (Å²) in [6.07, 6.45) is -21.8. The fourth-order valence-electron chi connectivity index (χ4n) is 3.77. The third-order valence-electron chi connectivity index (χ3n) is 5.41. The molecule has 0 aromatic carbocycles. The van der Waals surface area contributed by atoms with Gasteiger partial charge in [-0.15, -0.1) is 0 Å². The number of amides is 2. The molecule has 0 fully saturated rings. The summed E-state index contributed by atoms with van der Waals surface area (Å²) >= 11 is 0. The van der Waals surface area contributed by atoms with Gasteiger partial charge >= 0.3 is 36.6 Å². The highest BCUT2D eigenvalue weighted by molar-refractivity contribution is 6.04. The molecule has 2 aromatic rings. The van der Waals surface area contributed by atoms with Gasteiger partial charge in [0.25, 0.3) is 11.8 Å². The maximum atomic E-state index is 13.2. The number of aromatic nitrogens is 2. The van der Waals surface area contributed by atoms with Gasteiger partial charge in [0.15, 0.2) is 34.3 Å². The minimum Gasteiger partial charge on any atom is -0.492 e. The third-order valence-corrected chi connectivity index (χ3v) is 5.41. The van der Waals surface area contributed by atoms with E-state index >= 15 is 0 Å². The van der Waals surface area contributed by atoms with E-state index in [4.69, 9.17) is 20.9 Å². The van der Waals surface area contributed by atoms with Crippen molar-refractivity contribution in [2.45, 2.75) is 52.4 Å². The monoisotopic (exact) mass is 766 g/mol. The summed E-state index contributed by atoms with van der Waals surface area (Å²) in [5.41, 5.74) is -4.94. The van der Waals surface area contributed by atoms with Gasteiger partial charge in [-0.3, -0.25) is 9.59 Å². The number of hydrogen-bond acceptors (Lipinski definition) is 10. The Kier molecular flexibility index (Phi) is 15.5. The molecule has 2 rings (SSSR count). The molecule has 288 valence electrons. The van der Waals surface area contributed by atoms with Crippen LogP contribution < -0.4 is 20.9 Å². The van der Waals surface area contributed by atoms with Crippen LogP contribution in [-0.2, 0) is 34.2 Å². The highest BCUT2D eigenvalue weighted by Gasteiger charge is 2.49. The van der Waals surface area contributed by atoms with Gasteiger partial charge in [-0.05, 0) is 27.7 Å². The number of alkyl halides is 12. The van der Waals surface area contributed by atoms with Crippen LogP contribution in [0.4, 0.5) is 52.7 Å². The van der Waals surface area contributed by atoms with Gasteiger partial charge in [-0.25, -0.2) is 19.6 Å². The van der Waals surface area contributed by atoms with Crippen LogP contribution in [0.3, 0.4) is 0 Å². The van der Waals surface area contributed by atoms with E-state index in [0.29, 0.717) is 0 Å². The topological polar surface area (TPSA) is 215 Å². The summed E-state index contributed by atoms with van der Waals surface area (Å²) < 4.78 is 176. The van der Waals surface area contributed by atoms with Crippen molar-refractivity contribution >= 4 is 23.8 Å². The van der Waals surface area contributed by atoms with E-state index in [1.54, 1.807) is 0 Å². The molecule has 0 saturated heterocycles.